The van der Waals surface area contributed by atoms with E-state index in [1.54, 1.807) is 0 Å². The molecule has 172 valence electrons. The molecule has 0 unspecified atom stereocenters. The minimum Gasteiger partial charge on any atom is -0.481 e. The predicted octanol–water partition coefficient (Wildman–Crippen LogP) is 3.55. The van der Waals surface area contributed by atoms with Crippen LogP contribution in [0.1, 0.15) is 30.5 Å². The Morgan fingerprint density at radius 2 is 1.44 bits per heavy atom. The Bertz CT molecular complexity index is 950. The second-order valence-corrected chi connectivity index (χ2v) is 6.67. The molecule has 7 nitrogen and oxygen atoms in total. The number of carbonyl (C=O) groups is 3. The van der Waals surface area contributed by atoms with Gasteiger partial charge in [0.1, 0.15) is 5.82 Å². The van der Waals surface area contributed by atoms with Gasteiger partial charge in [-0.3, -0.25) is 4.79 Å². The average molecular weight is 453 g/mol. The lowest BCUT2D eigenvalue weighted by molar-refractivity contribution is -0.137. The highest BCUT2D eigenvalue weighted by molar-refractivity contribution is 5.89. The smallest absolute Gasteiger partial charge is 0.328 e. The van der Waals surface area contributed by atoms with Gasteiger partial charge in [-0.1, -0.05) is 30.3 Å². The van der Waals surface area contributed by atoms with Crippen LogP contribution >= 0.6 is 0 Å². The lowest BCUT2D eigenvalue weighted by Gasteiger charge is -2.23. The van der Waals surface area contributed by atoms with Crippen molar-refractivity contribution >= 4 is 17.9 Å². The first kappa shape index (κ1) is 26.4. The zero-order valence-electron chi connectivity index (χ0n) is 17.0. The molecule has 0 saturated heterocycles. The molecule has 0 fully saturated rings. The number of carboxylic acids is 3. The van der Waals surface area contributed by atoms with Crippen molar-refractivity contribution in [3.05, 3.63) is 83.2 Å². The largest absolute Gasteiger partial charge is 0.481 e. The summed E-state index contributed by atoms with van der Waals surface area (Å²) in [5, 5.41) is 27.8. The van der Waals surface area contributed by atoms with Crippen LogP contribution < -0.4 is 5.32 Å². The summed E-state index contributed by atoms with van der Waals surface area (Å²) in [7, 11) is 0. The summed E-state index contributed by atoms with van der Waals surface area (Å²) in [6.45, 7) is 1.85. The molecule has 2 rings (SSSR count). The SMILES string of the molecule is C[C@@H](N[C@@H](CC(=O)O)Cc1cc(F)c(F)cc1F)c1ccccc1.O=C(O)/C=C\C(=O)O. The van der Waals surface area contributed by atoms with Crippen molar-refractivity contribution in [1.29, 1.82) is 0 Å². The van der Waals surface area contributed by atoms with Crippen molar-refractivity contribution in [2.75, 3.05) is 0 Å². The van der Waals surface area contributed by atoms with Gasteiger partial charge in [0.25, 0.3) is 0 Å². The van der Waals surface area contributed by atoms with Gasteiger partial charge in [0, 0.05) is 30.3 Å². The molecule has 0 radical (unpaired) electrons. The van der Waals surface area contributed by atoms with Crippen molar-refractivity contribution in [3.8, 4) is 0 Å². The van der Waals surface area contributed by atoms with Gasteiger partial charge in [-0.15, -0.1) is 0 Å². The van der Waals surface area contributed by atoms with Crippen LogP contribution in [-0.2, 0) is 20.8 Å². The van der Waals surface area contributed by atoms with E-state index in [-0.39, 0.29) is 24.4 Å². The molecule has 0 spiro atoms. The molecule has 32 heavy (non-hydrogen) atoms. The summed E-state index contributed by atoms with van der Waals surface area (Å²) in [6.07, 6.45) is 0.785. The molecule has 0 amide bonds. The molecule has 2 atom stereocenters. The third-order valence-corrected chi connectivity index (χ3v) is 4.13. The maximum Gasteiger partial charge on any atom is 0.328 e. The van der Waals surface area contributed by atoms with E-state index in [0.717, 1.165) is 11.6 Å². The molecule has 0 aromatic heterocycles. The molecule has 0 heterocycles. The number of hydrogen-bond donors (Lipinski definition) is 4. The standard InChI is InChI=1S/C18H18F3NO2.C4H4O4/c1-11(12-5-3-2-4-6-12)22-14(9-18(23)24)7-13-8-16(20)17(21)10-15(13)19;5-3(6)1-2-4(7)8/h2-6,8,10-11,14,22H,7,9H2,1H3,(H,23,24);1-2H,(H,5,6)(H,7,8)/b;2-1-/t11-,14-;/m1./s1. The Kier molecular flexibility index (Phi) is 10.6. The van der Waals surface area contributed by atoms with Crippen molar-refractivity contribution in [2.45, 2.75) is 31.8 Å². The number of nitrogens with one attached hydrogen (secondary N) is 1. The van der Waals surface area contributed by atoms with Crippen molar-refractivity contribution in [3.63, 3.8) is 0 Å². The van der Waals surface area contributed by atoms with Gasteiger partial charge in [-0.05, 0) is 30.5 Å². The Hall–Kier alpha value is -3.66. The summed E-state index contributed by atoms with van der Waals surface area (Å²) >= 11 is 0. The van der Waals surface area contributed by atoms with Gasteiger partial charge in [0.05, 0.1) is 6.42 Å². The van der Waals surface area contributed by atoms with Gasteiger partial charge in [0.2, 0.25) is 0 Å². The zero-order chi connectivity index (χ0) is 24.3. The van der Waals surface area contributed by atoms with Gasteiger partial charge in [-0.25, -0.2) is 22.8 Å². The van der Waals surface area contributed by atoms with Crippen LogP contribution in [0.2, 0.25) is 0 Å². The van der Waals surface area contributed by atoms with Crippen LogP contribution in [0.4, 0.5) is 13.2 Å². The molecule has 2 aromatic carbocycles. The van der Waals surface area contributed by atoms with E-state index >= 15 is 0 Å². The minimum atomic E-state index is -1.27. The normalized spacial score (nSPS) is 12.5. The minimum absolute atomic E-state index is 0.0621. The first-order chi connectivity index (χ1) is 15.0. The van der Waals surface area contributed by atoms with Gasteiger partial charge >= 0.3 is 17.9 Å². The van der Waals surface area contributed by atoms with Crippen LogP contribution in [0, 0.1) is 17.5 Å². The highest BCUT2D eigenvalue weighted by atomic mass is 19.2. The second kappa shape index (κ2) is 12.9. The van der Waals surface area contributed by atoms with Crippen LogP contribution in [0.25, 0.3) is 0 Å². The predicted molar refractivity (Wildman–Crippen MR) is 108 cm³/mol. The number of carboxylic acid groups (broad SMARTS) is 3. The quantitative estimate of drug-likeness (QED) is 0.338. The zero-order valence-corrected chi connectivity index (χ0v) is 17.0. The van der Waals surface area contributed by atoms with Crippen molar-refractivity contribution in [2.24, 2.45) is 0 Å². The molecule has 0 aliphatic rings. The summed E-state index contributed by atoms with van der Waals surface area (Å²) in [5.41, 5.74) is 0.881. The fourth-order valence-corrected chi connectivity index (χ4v) is 2.72. The van der Waals surface area contributed by atoms with Gasteiger partial charge in [-0.2, -0.15) is 0 Å². The van der Waals surface area contributed by atoms with Crippen molar-refractivity contribution in [1.82, 2.24) is 5.32 Å². The van der Waals surface area contributed by atoms with Gasteiger partial charge in [0.15, 0.2) is 11.6 Å². The number of benzene rings is 2. The lowest BCUT2D eigenvalue weighted by atomic mass is 10.00. The van der Waals surface area contributed by atoms with Crippen molar-refractivity contribution < 1.29 is 42.9 Å². The first-order valence-corrected chi connectivity index (χ1v) is 9.29. The van der Waals surface area contributed by atoms with Crippen LogP contribution in [0.15, 0.2) is 54.6 Å². The van der Waals surface area contributed by atoms with E-state index < -0.39 is 41.4 Å². The Morgan fingerprint density at radius 1 is 0.906 bits per heavy atom. The molecular weight excluding hydrogens is 431 g/mol. The second-order valence-electron chi connectivity index (χ2n) is 6.67. The summed E-state index contributed by atoms with van der Waals surface area (Å²) < 4.78 is 40.1. The Labute approximate surface area is 181 Å². The summed E-state index contributed by atoms with van der Waals surface area (Å²) in [4.78, 5) is 30.2. The molecular formula is C22H22F3NO6. The van der Waals surface area contributed by atoms with Crippen LogP contribution in [0.3, 0.4) is 0 Å². The fourth-order valence-electron chi connectivity index (χ4n) is 2.72. The molecule has 0 saturated carbocycles. The highest BCUT2D eigenvalue weighted by Gasteiger charge is 2.20. The lowest BCUT2D eigenvalue weighted by Crippen LogP contribution is -2.35. The van der Waals surface area contributed by atoms with E-state index in [0.29, 0.717) is 18.2 Å². The molecule has 10 heteroatoms. The van der Waals surface area contributed by atoms with Crippen LogP contribution in [-0.4, -0.2) is 39.3 Å². The third kappa shape index (κ3) is 9.90. The van der Waals surface area contributed by atoms with Gasteiger partial charge < -0.3 is 20.6 Å². The van der Waals surface area contributed by atoms with E-state index in [9.17, 15) is 27.6 Å². The maximum absolute atomic E-state index is 13.8. The monoisotopic (exact) mass is 453 g/mol. The molecule has 0 bridgehead atoms. The van der Waals surface area contributed by atoms with E-state index in [1.165, 1.54) is 0 Å². The number of halogens is 3. The third-order valence-electron chi connectivity index (χ3n) is 4.13. The number of hydrogen-bond acceptors (Lipinski definition) is 4. The number of rotatable bonds is 9. The topological polar surface area (TPSA) is 124 Å². The maximum atomic E-state index is 13.8. The summed E-state index contributed by atoms with van der Waals surface area (Å²) in [5.74, 6) is -6.89. The molecule has 0 aliphatic heterocycles. The first-order valence-electron chi connectivity index (χ1n) is 9.29. The van der Waals surface area contributed by atoms with Crippen LogP contribution in [0.5, 0.6) is 0 Å². The van der Waals surface area contributed by atoms with E-state index in [1.807, 2.05) is 37.3 Å². The Morgan fingerprint density at radius 3 is 1.94 bits per heavy atom. The number of aliphatic carboxylic acids is 3. The molecule has 0 aliphatic carbocycles. The highest BCUT2D eigenvalue weighted by Crippen LogP contribution is 2.19. The summed E-state index contributed by atoms with van der Waals surface area (Å²) in [6, 6.07) is 9.78. The molecule has 2 aromatic rings. The molecule has 4 N–H and O–H groups in total. The Balaban J connectivity index is 0.000000547. The van der Waals surface area contributed by atoms with E-state index in [2.05, 4.69) is 5.32 Å². The van der Waals surface area contributed by atoms with E-state index in [4.69, 9.17) is 15.3 Å². The fraction of sp³-hybridized carbons (Fsp3) is 0.227. The average Bonchev–Trinajstić information content (AvgIpc) is 2.71.